The Hall–Kier alpha value is -2.81. The number of carbonyl (C=O) groups excluding carboxylic acids is 1. The third kappa shape index (κ3) is 4.61. The first-order valence-electron chi connectivity index (χ1n) is 8.82. The number of likely N-dealkylation sites (tertiary alicyclic amines) is 1. The molecule has 3 rings (SSSR count). The molecule has 1 atom stereocenters. The normalized spacial score (nSPS) is 19.0. The molecule has 5 nitrogen and oxygen atoms in total. The van der Waals surface area contributed by atoms with Gasteiger partial charge in [0.15, 0.2) is 0 Å². The molecule has 0 bridgehead atoms. The number of anilines is 1. The predicted octanol–water partition coefficient (Wildman–Crippen LogP) is 4.15. The van der Waals surface area contributed by atoms with Crippen molar-refractivity contribution in [3.05, 3.63) is 71.3 Å². The Kier molecular flexibility index (Phi) is 5.70. The second-order valence-corrected chi connectivity index (χ2v) is 8.45. The molecule has 0 aromatic heterocycles. The third-order valence-electron chi connectivity index (χ3n) is 4.63. The van der Waals surface area contributed by atoms with Crippen LogP contribution >= 0.6 is 0 Å². The zero-order valence-electron chi connectivity index (χ0n) is 15.5. The van der Waals surface area contributed by atoms with Crippen LogP contribution in [-0.2, 0) is 21.4 Å². The second kappa shape index (κ2) is 7.90. The summed E-state index contributed by atoms with van der Waals surface area (Å²) in [5.74, 6) is -0.227. The van der Waals surface area contributed by atoms with Crippen molar-refractivity contribution in [1.82, 2.24) is 4.90 Å². The van der Waals surface area contributed by atoms with Crippen LogP contribution in [0, 0.1) is 0 Å². The van der Waals surface area contributed by atoms with Gasteiger partial charge in [0.05, 0.1) is 5.69 Å². The largest absolute Gasteiger partial charge is 0.516 e. The van der Waals surface area contributed by atoms with E-state index in [0.29, 0.717) is 12.0 Å². The molecule has 1 heterocycles. The highest BCUT2D eigenvalue weighted by molar-refractivity contribution is 7.93. The fourth-order valence-electron chi connectivity index (χ4n) is 3.14. The average Bonchev–Trinajstić information content (AvgIpc) is 2.90. The number of sulfonamides is 1. The number of hydrogen-bond acceptors (Lipinski definition) is 3. The Bertz CT molecular complexity index is 1030. The SMILES string of the molecule is CC1C/C(=C\c2ccccc2)C(=O)N1Cc1ccccc1NS(=O)(=O)C(F)(F)F. The maximum Gasteiger partial charge on any atom is 0.516 e. The maximum atomic E-state index is 12.8. The number of rotatable bonds is 5. The molecule has 2 aromatic carbocycles. The predicted molar refractivity (Wildman–Crippen MR) is 104 cm³/mol. The van der Waals surface area contributed by atoms with Crippen LogP contribution in [0.5, 0.6) is 0 Å². The minimum Gasteiger partial charge on any atom is -0.331 e. The Morgan fingerprint density at radius 1 is 1.10 bits per heavy atom. The number of alkyl halides is 3. The van der Waals surface area contributed by atoms with E-state index in [1.165, 1.54) is 23.1 Å². The quantitative estimate of drug-likeness (QED) is 0.734. The molecular weight excluding hydrogens is 405 g/mol. The molecule has 9 heteroatoms. The topological polar surface area (TPSA) is 66.5 Å². The van der Waals surface area contributed by atoms with Gasteiger partial charge in [-0.15, -0.1) is 0 Å². The number of carbonyl (C=O) groups is 1. The zero-order valence-corrected chi connectivity index (χ0v) is 16.3. The Morgan fingerprint density at radius 2 is 1.72 bits per heavy atom. The van der Waals surface area contributed by atoms with Crippen LogP contribution in [0.15, 0.2) is 60.2 Å². The molecule has 1 aliphatic rings. The van der Waals surface area contributed by atoms with Crippen LogP contribution in [0.2, 0.25) is 0 Å². The lowest BCUT2D eigenvalue weighted by Gasteiger charge is -2.23. The zero-order chi connectivity index (χ0) is 21.2. The fourth-order valence-corrected chi connectivity index (χ4v) is 3.75. The van der Waals surface area contributed by atoms with E-state index in [0.717, 1.165) is 5.56 Å². The summed E-state index contributed by atoms with van der Waals surface area (Å²) in [7, 11) is -5.55. The molecule has 1 saturated heterocycles. The van der Waals surface area contributed by atoms with E-state index in [4.69, 9.17) is 0 Å². The summed E-state index contributed by atoms with van der Waals surface area (Å²) in [4.78, 5) is 14.3. The molecule has 1 fully saturated rings. The highest BCUT2D eigenvalue weighted by atomic mass is 32.2. The van der Waals surface area contributed by atoms with Gasteiger partial charge >= 0.3 is 15.5 Å². The van der Waals surface area contributed by atoms with Crippen molar-refractivity contribution in [2.45, 2.75) is 31.4 Å². The summed E-state index contributed by atoms with van der Waals surface area (Å²) in [5, 5.41) is 0. The molecule has 1 unspecified atom stereocenters. The summed E-state index contributed by atoms with van der Waals surface area (Å²) < 4.78 is 62.7. The van der Waals surface area contributed by atoms with Crippen LogP contribution in [-0.4, -0.2) is 30.8 Å². The van der Waals surface area contributed by atoms with Gasteiger partial charge in [-0.1, -0.05) is 48.5 Å². The van der Waals surface area contributed by atoms with Crippen LogP contribution in [0.3, 0.4) is 0 Å². The van der Waals surface area contributed by atoms with Gasteiger partial charge in [0.2, 0.25) is 5.91 Å². The number of halogens is 3. The highest BCUT2D eigenvalue weighted by Gasteiger charge is 2.46. The van der Waals surface area contributed by atoms with Crippen molar-refractivity contribution in [2.75, 3.05) is 4.72 Å². The van der Waals surface area contributed by atoms with Gasteiger partial charge in [-0.3, -0.25) is 9.52 Å². The Labute approximate surface area is 166 Å². The molecular formula is C20H19F3N2O3S. The lowest BCUT2D eigenvalue weighted by atomic mass is 10.1. The van der Waals surface area contributed by atoms with E-state index in [9.17, 15) is 26.4 Å². The van der Waals surface area contributed by atoms with Gasteiger partial charge < -0.3 is 4.90 Å². The van der Waals surface area contributed by atoms with Crippen molar-refractivity contribution >= 4 is 27.7 Å². The van der Waals surface area contributed by atoms with Crippen LogP contribution in [0.4, 0.5) is 18.9 Å². The smallest absolute Gasteiger partial charge is 0.331 e. The van der Waals surface area contributed by atoms with Crippen molar-refractivity contribution < 1.29 is 26.4 Å². The minimum absolute atomic E-state index is 0.0112. The van der Waals surface area contributed by atoms with E-state index >= 15 is 0 Å². The Morgan fingerprint density at radius 3 is 2.38 bits per heavy atom. The lowest BCUT2D eigenvalue weighted by molar-refractivity contribution is -0.126. The Balaban J connectivity index is 1.84. The van der Waals surface area contributed by atoms with E-state index in [-0.39, 0.29) is 29.7 Å². The number of benzene rings is 2. The molecule has 1 N–H and O–H groups in total. The first-order chi connectivity index (χ1) is 13.6. The minimum atomic E-state index is -5.55. The second-order valence-electron chi connectivity index (χ2n) is 6.77. The van der Waals surface area contributed by atoms with Crippen LogP contribution in [0.1, 0.15) is 24.5 Å². The molecule has 29 heavy (non-hydrogen) atoms. The molecule has 154 valence electrons. The van der Waals surface area contributed by atoms with E-state index in [1.807, 2.05) is 37.3 Å². The van der Waals surface area contributed by atoms with Crippen molar-refractivity contribution in [2.24, 2.45) is 0 Å². The van der Waals surface area contributed by atoms with Crippen molar-refractivity contribution in [3.8, 4) is 0 Å². The molecule has 0 saturated carbocycles. The lowest BCUT2D eigenvalue weighted by Crippen LogP contribution is -2.32. The fraction of sp³-hybridized carbons (Fsp3) is 0.250. The maximum absolute atomic E-state index is 12.8. The molecule has 0 spiro atoms. The van der Waals surface area contributed by atoms with Gasteiger partial charge in [0.1, 0.15) is 0 Å². The van der Waals surface area contributed by atoms with E-state index in [1.54, 1.807) is 16.9 Å². The number of amides is 1. The highest BCUT2D eigenvalue weighted by Crippen LogP contribution is 2.31. The summed E-state index contributed by atoms with van der Waals surface area (Å²) >= 11 is 0. The molecule has 0 radical (unpaired) electrons. The van der Waals surface area contributed by atoms with E-state index < -0.39 is 15.5 Å². The third-order valence-corrected chi connectivity index (χ3v) is 5.73. The van der Waals surface area contributed by atoms with Gasteiger partial charge in [0.25, 0.3) is 0 Å². The standard InChI is InChI=1S/C20H19F3N2O3S/c1-14-11-17(12-15-7-3-2-4-8-15)19(26)25(14)13-16-9-5-6-10-18(16)24-29(27,28)20(21,22)23/h2-10,12,14,24H,11,13H2,1H3/b17-12+. The molecule has 0 aliphatic carbocycles. The first-order valence-corrected chi connectivity index (χ1v) is 10.3. The van der Waals surface area contributed by atoms with Crippen molar-refractivity contribution in [1.29, 1.82) is 0 Å². The monoisotopic (exact) mass is 424 g/mol. The number of nitrogens with zero attached hydrogens (tertiary/aromatic N) is 1. The number of nitrogens with one attached hydrogen (secondary N) is 1. The van der Waals surface area contributed by atoms with Gasteiger partial charge in [0, 0.05) is 18.2 Å². The van der Waals surface area contributed by atoms with Crippen LogP contribution in [0.25, 0.3) is 6.08 Å². The summed E-state index contributed by atoms with van der Waals surface area (Å²) in [5.41, 5.74) is -3.88. The van der Waals surface area contributed by atoms with Crippen LogP contribution < -0.4 is 4.72 Å². The molecule has 1 aliphatic heterocycles. The summed E-state index contributed by atoms with van der Waals surface area (Å²) in [6.07, 6.45) is 2.28. The summed E-state index contributed by atoms with van der Waals surface area (Å²) in [6.45, 7) is 1.83. The summed E-state index contributed by atoms with van der Waals surface area (Å²) in [6, 6.07) is 14.9. The molecule has 2 aromatic rings. The number of para-hydroxylation sites is 1. The first kappa shape index (κ1) is 20.9. The van der Waals surface area contributed by atoms with Gasteiger partial charge in [-0.25, -0.2) is 0 Å². The van der Waals surface area contributed by atoms with Gasteiger partial charge in [-0.2, -0.15) is 21.6 Å². The molecule has 1 amide bonds. The average molecular weight is 424 g/mol. The van der Waals surface area contributed by atoms with E-state index in [2.05, 4.69) is 0 Å². The number of hydrogen-bond donors (Lipinski definition) is 1. The van der Waals surface area contributed by atoms with Crippen molar-refractivity contribution in [3.63, 3.8) is 0 Å². The van der Waals surface area contributed by atoms with Gasteiger partial charge in [-0.05, 0) is 36.6 Å².